The molecule has 2 aromatic rings. The van der Waals surface area contributed by atoms with Crippen LogP contribution in [0.1, 0.15) is 15.5 Å². The molecule has 19 heavy (non-hydrogen) atoms. The molecule has 0 fully saturated rings. The van der Waals surface area contributed by atoms with E-state index in [-0.39, 0.29) is 5.01 Å². The second-order valence-corrected chi connectivity index (χ2v) is 4.86. The van der Waals surface area contributed by atoms with E-state index in [9.17, 15) is 4.79 Å². The summed E-state index contributed by atoms with van der Waals surface area (Å²) < 4.78 is 5.17. The number of carbonyl (C=O) groups is 1. The summed E-state index contributed by atoms with van der Waals surface area (Å²) in [6.45, 7) is 0.553. The van der Waals surface area contributed by atoms with Crippen molar-refractivity contribution >= 4 is 23.0 Å². The van der Waals surface area contributed by atoms with Crippen molar-refractivity contribution in [1.29, 1.82) is 0 Å². The van der Waals surface area contributed by atoms with Crippen molar-refractivity contribution in [1.82, 2.24) is 4.98 Å². The fraction of sp³-hybridized carbons (Fsp3) is 0.231. The van der Waals surface area contributed by atoms with Gasteiger partial charge in [-0.15, -0.1) is 11.3 Å². The highest BCUT2D eigenvalue weighted by Gasteiger charge is 2.11. The average molecular weight is 278 g/mol. The van der Waals surface area contributed by atoms with Crippen molar-refractivity contribution in [2.45, 2.75) is 6.54 Å². The van der Waals surface area contributed by atoms with Gasteiger partial charge in [-0.05, 0) is 12.1 Å². The van der Waals surface area contributed by atoms with E-state index < -0.39 is 5.97 Å². The zero-order valence-electron chi connectivity index (χ0n) is 10.7. The predicted octanol–water partition coefficient (Wildman–Crippen LogP) is 2.49. The van der Waals surface area contributed by atoms with Crippen molar-refractivity contribution in [3.63, 3.8) is 0 Å². The molecule has 0 unspecified atom stereocenters. The van der Waals surface area contributed by atoms with Crippen LogP contribution in [0.5, 0.6) is 5.75 Å². The highest BCUT2D eigenvalue weighted by Crippen LogP contribution is 2.21. The summed E-state index contributed by atoms with van der Waals surface area (Å²) in [5, 5.41) is 10.7. The van der Waals surface area contributed by atoms with Gasteiger partial charge in [-0.1, -0.05) is 6.07 Å². The van der Waals surface area contributed by atoms with Gasteiger partial charge in [0, 0.05) is 24.2 Å². The van der Waals surface area contributed by atoms with Crippen LogP contribution in [0.25, 0.3) is 0 Å². The van der Waals surface area contributed by atoms with Crippen molar-refractivity contribution in [3.8, 4) is 5.75 Å². The summed E-state index contributed by atoms with van der Waals surface area (Å²) in [6, 6.07) is 7.68. The zero-order chi connectivity index (χ0) is 13.8. The number of rotatable bonds is 5. The van der Waals surface area contributed by atoms with Crippen LogP contribution in [0.15, 0.2) is 29.6 Å². The summed E-state index contributed by atoms with van der Waals surface area (Å²) in [6.07, 6.45) is 0. The van der Waals surface area contributed by atoms with E-state index in [1.807, 2.05) is 36.2 Å². The maximum Gasteiger partial charge on any atom is 0.365 e. The topological polar surface area (TPSA) is 62.7 Å². The smallest absolute Gasteiger partial charge is 0.365 e. The molecule has 1 N–H and O–H groups in total. The molecule has 0 amide bonds. The second kappa shape index (κ2) is 5.71. The van der Waals surface area contributed by atoms with E-state index in [1.165, 1.54) is 0 Å². The minimum absolute atomic E-state index is 0.119. The fourth-order valence-electron chi connectivity index (χ4n) is 1.66. The van der Waals surface area contributed by atoms with Crippen molar-refractivity contribution in [2.75, 3.05) is 19.1 Å². The van der Waals surface area contributed by atoms with Gasteiger partial charge < -0.3 is 14.7 Å². The number of ether oxygens (including phenoxy) is 1. The van der Waals surface area contributed by atoms with E-state index in [0.717, 1.165) is 28.5 Å². The van der Waals surface area contributed by atoms with Crippen LogP contribution in [-0.2, 0) is 6.54 Å². The number of hydrogen-bond donors (Lipinski definition) is 1. The molecule has 0 atom stereocenters. The van der Waals surface area contributed by atoms with E-state index in [0.29, 0.717) is 6.54 Å². The summed E-state index contributed by atoms with van der Waals surface area (Å²) in [7, 11) is 3.55. The number of nitrogens with zero attached hydrogens (tertiary/aromatic N) is 2. The lowest BCUT2D eigenvalue weighted by Gasteiger charge is -2.18. The first-order chi connectivity index (χ1) is 9.10. The lowest BCUT2D eigenvalue weighted by atomic mass is 10.2. The standard InChI is InChI=1S/C13H14N2O3S/c1-15(10-4-3-5-11(6-10)18-2)7-9-8-19-12(14-9)13(16)17/h3-6,8H,7H2,1-2H3,(H,16,17). The Hall–Kier alpha value is -2.08. The predicted molar refractivity (Wildman–Crippen MR) is 74.2 cm³/mol. The number of benzene rings is 1. The number of hydrogen-bond acceptors (Lipinski definition) is 5. The van der Waals surface area contributed by atoms with Gasteiger partial charge in [0.05, 0.1) is 19.3 Å². The lowest BCUT2D eigenvalue weighted by molar-refractivity contribution is 0.0696. The molecule has 0 saturated carbocycles. The first-order valence-corrected chi connectivity index (χ1v) is 6.51. The molecule has 1 aromatic heterocycles. The second-order valence-electron chi connectivity index (χ2n) is 4.01. The molecule has 0 saturated heterocycles. The van der Waals surface area contributed by atoms with Crippen molar-refractivity contribution in [2.24, 2.45) is 0 Å². The molecule has 100 valence electrons. The Labute approximate surface area is 115 Å². The van der Waals surface area contributed by atoms with Gasteiger partial charge in [-0.25, -0.2) is 9.78 Å². The van der Waals surface area contributed by atoms with Crippen LogP contribution >= 0.6 is 11.3 Å². The molecule has 2 rings (SSSR count). The lowest BCUT2D eigenvalue weighted by Crippen LogP contribution is -2.16. The third-order valence-electron chi connectivity index (χ3n) is 2.63. The highest BCUT2D eigenvalue weighted by molar-refractivity contribution is 7.11. The molecule has 0 aliphatic carbocycles. The Morgan fingerprint density at radius 2 is 2.32 bits per heavy atom. The van der Waals surface area contributed by atoms with Gasteiger partial charge in [-0.3, -0.25) is 0 Å². The largest absolute Gasteiger partial charge is 0.497 e. The summed E-state index contributed by atoms with van der Waals surface area (Å²) in [4.78, 5) is 16.8. The zero-order valence-corrected chi connectivity index (χ0v) is 11.5. The van der Waals surface area contributed by atoms with Gasteiger partial charge >= 0.3 is 5.97 Å². The third kappa shape index (κ3) is 3.23. The molecular weight excluding hydrogens is 264 g/mol. The number of anilines is 1. The van der Waals surface area contributed by atoms with E-state index >= 15 is 0 Å². The molecule has 0 radical (unpaired) electrons. The molecule has 0 bridgehead atoms. The molecule has 0 aliphatic heterocycles. The molecule has 1 heterocycles. The number of aromatic nitrogens is 1. The molecule has 1 aromatic carbocycles. The summed E-state index contributed by atoms with van der Waals surface area (Å²) in [5.41, 5.74) is 1.73. The van der Waals surface area contributed by atoms with Crippen LogP contribution < -0.4 is 9.64 Å². The summed E-state index contributed by atoms with van der Waals surface area (Å²) >= 11 is 1.14. The average Bonchev–Trinajstić information content (AvgIpc) is 2.87. The van der Waals surface area contributed by atoms with Crippen LogP contribution in [0.4, 0.5) is 5.69 Å². The Kier molecular flexibility index (Phi) is 4.01. The Bertz CT molecular complexity index is 583. The number of thiazole rings is 1. The van der Waals surface area contributed by atoms with E-state index in [4.69, 9.17) is 9.84 Å². The van der Waals surface area contributed by atoms with Gasteiger partial charge in [0.2, 0.25) is 5.01 Å². The van der Waals surface area contributed by atoms with Gasteiger partial charge in [0.25, 0.3) is 0 Å². The SMILES string of the molecule is COc1cccc(N(C)Cc2csc(C(=O)O)n2)c1. The van der Waals surface area contributed by atoms with Crippen LogP contribution in [-0.4, -0.2) is 30.2 Å². The normalized spacial score (nSPS) is 10.2. The maximum absolute atomic E-state index is 10.8. The van der Waals surface area contributed by atoms with Crippen molar-refractivity contribution < 1.29 is 14.6 Å². The Morgan fingerprint density at radius 3 is 2.95 bits per heavy atom. The monoisotopic (exact) mass is 278 g/mol. The molecule has 6 heteroatoms. The Balaban J connectivity index is 2.10. The minimum Gasteiger partial charge on any atom is -0.497 e. The minimum atomic E-state index is -0.986. The third-order valence-corrected chi connectivity index (χ3v) is 3.51. The number of aromatic carboxylic acids is 1. The molecule has 0 spiro atoms. The van der Waals surface area contributed by atoms with Gasteiger partial charge in [-0.2, -0.15) is 0 Å². The first kappa shape index (κ1) is 13.4. The summed E-state index contributed by atoms with van der Waals surface area (Å²) in [5.74, 6) is -0.200. The molecule has 5 nitrogen and oxygen atoms in total. The molecular formula is C13H14N2O3S. The first-order valence-electron chi connectivity index (χ1n) is 5.63. The van der Waals surface area contributed by atoms with Crippen LogP contribution in [0, 0.1) is 0 Å². The highest BCUT2D eigenvalue weighted by atomic mass is 32.1. The quantitative estimate of drug-likeness (QED) is 0.910. The fourth-order valence-corrected chi connectivity index (χ4v) is 2.31. The van der Waals surface area contributed by atoms with E-state index in [1.54, 1.807) is 12.5 Å². The van der Waals surface area contributed by atoms with Crippen molar-refractivity contribution in [3.05, 3.63) is 40.3 Å². The Morgan fingerprint density at radius 1 is 1.53 bits per heavy atom. The maximum atomic E-state index is 10.8. The number of carboxylic acid groups (broad SMARTS) is 1. The van der Waals surface area contributed by atoms with Gasteiger partial charge in [0.15, 0.2) is 0 Å². The molecule has 0 aliphatic rings. The van der Waals surface area contributed by atoms with E-state index in [2.05, 4.69) is 4.98 Å². The van der Waals surface area contributed by atoms with Crippen LogP contribution in [0.2, 0.25) is 0 Å². The van der Waals surface area contributed by atoms with Crippen LogP contribution in [0.3, 0.4) is 0 Å². The number of methoxy groups -OCH3 is 1. The number of carboxylic acids is 1. The van der Waals surface area contributed by atoms with Gasteiger partial charge in [0.1, 0.15) is 5.75 Å².